The van der Waals surface area contributed by atoms with Crippen molar-refractivity contribution < 1.29 is 4.79 Å². The van der Waals surface area contributed by atoms with Gasteiger partial charge in [-0.3, -0.25) is 4.79 Å². The van der Waals surface area contributed by atoms with Crippen molar-refractivity contribution in [3.05, 3.63) is 11.6 Å². The van der Waals surface area contributed by atoms with Gasteiger partial charge in [-0.15, -0.1) is 12.4 Å². The Bertz CT molecular complexity index is 1860. The first-order chi connectivity index (χ1) is 30.4. The number of fused-ring (bicyclic) bond motifs is 14. The lowest BCUT2D eigenvalue weighted by molar-refractivity contribution is -0.241. The second-order valence-electron chi connectivity index (χ2n) is 31.3. The van der Waals surface area contributed by atoms with E-state index in [2.05, 4.69) is 103 Å². The molecule has 0 aromatic carbocycles. The van der Waals surface area contributed by atoms with Crippen LogP contribution in [0.1, 0.15) is 257 Å². The van der Waals surface area contributed by atoms with Gasteiger partial charge in [0.05, 0.1) is 0 Å². The molecule has 0 N–H and O–H groups in total. The number of rotatable bonds is 8. The highest BCUT2D eigenvalue weighted by molar-refractivity contribution is 5.85. The molecule has 0 radical (unpaired) electrons. The molecule has 0 bridgehead atoms. The fourth-order valence-electron chi connectivity index (χ4n) is 25.5. The standard InChI is InChI=1S/C64H106O.ClH/c1-42(45-24-34-57(7)47(45)26-36-61(11)51(57)20-22-53-59(9)32-16-30-55(3,4)49(59)28-38-63(53,61)13)18-15-19-44(41-65)40-43(2)46-25-35-58(8)48(46)27-37-62(12)52(58)21-23-54-60(10)33-17-31-56(5,6)50(60)29-39-64(54,62)14;/h19,41-43,45-54H,15-18,20-40H2,1-14H3;1H/b44-19-;/t42?,43-,45-,46-,47+,48+,49+,50+,51-,52-,53-,54-,57+,58+,59+,60+,61-,62-,63-,64-;/m1./s1. The van der Waals surface area contributed by atoms with Crippen molar-refractivity contribution in [1.29, 1.82) is 0 Å². The third-order valence-electron chi connectivity index (χ3n) is 28.7. The van der Waals surface area contributed by atoms with Crippen LogP contribution in [0.15, 0.2) is 11.6 Å². The summed E-state index contributed by atoms with van der Waals surface area (Å²) in [6.07, 6.45) is 39.3. The van der Waals surface area contributed by atoms with Gasteiger partial charge in [-0.25, -0.2) is 0 Å². The van der Waals surface area contributed by atoms with E-state index in [9.17, 15) is 4.79 Å². The molecule has 10 saturated carbocycles. The summed E-state index contributed by atoms with van der Waals surface area (Å²) in [6.45, 7) is 38.2. The Labute approximate surface area is 415 Å². The molecule has 0 amide bonds. The molecule has 0 spiro atoms. The quantitative estimate of drug-likeness (QED) is 0.175. The summed E-state index contributed by atoms with van der Waals surface area (Å²) >= 11 is 0. The Morgan fingerprint density at radius 3 is 1.23 bits per heavy atom. The zero-order valence-electron chi connectivity index (χ0n) is 46.1. The minimum Gasteiger partial charge on any atom is -0.298 e. The normalized spacial score (nSPS) is 54.3. The third-order valence-corrected chi connectivity index (χ3v) is 28.7. The first-order valence-electron chi connectivity index (χ1n) is 29.5. The second kappa shape index (κ2) is 16.6. The molecule has 2 heteroatoms. The van der Waals surface area contributed by atoms with E-state index < -0.39 is 0 Å². The molecule has 1 nitrogen and oxygen atoms in total. The van der Waals surface area contributed by atoms with Crippen LogP contribution in [0.5, 0.6) is 0 Å². The Morgan fingerprint density at radius 2 is 0.818 bits per heavy atom. The van der Waals surface area contributed by atoms with Gasteiger partial charge < -0.3 is 0 Å². The molecule has 376 valence electrons. The van der Waals surface area contributed by atoms with E-state index >= 15 is 0 Å². The summed E-state index contributed by atoms with van der Waals surface area (Å²) in [4.78, 5) is 12.9. The molecule has 0 saturated heterocycles. The number of allylic oxidation sites excluding steroid dienone is 2. The van der Waals surface area contributed by atoms with Crippen LogP contribution >= 0.6 is 12.4 Å². The number of hydrogen-bond donors (Lipinski definition) is 0. The van der Waals surface area contributed by atoms with Crippen molar-refractivity contribution in [2.75, 3.05) is 0 Å². The van der Waals surface area contributed by atoms with E-state index in [0.29, 0.717) is 60.1 Å². The predicted octanol–water partition coefficient (Wildman–Crippen LogP) is 19.0. The number of aldehydes is 1. The van der Waals surface area contributed by atoms with Crippen LogP contribution in [0.3, 0.4) is 0 Å². The number of halogens is 1. The SMILES string of the molecule is CC(CC/C=C(\C=O)C[C@@H](C)[C@H]1CC[C@]2(C)[C@H]3CC[C@@H]4[C@@]5(C)CCCC(C)(C)[C@@H]5CC[C@@]4(C)[C@]3(C)CC[C@@H]12)[C@H]1CC[C@]2(C)[C@H]3CC[C@@H]4[C@@]5(C)CCCC(C)(C)[C@@H]5CC[C@@]4(C)[C@]3(C)CC[C@@H]12.Cl. The van der Waals surface area contributed by atoms with Crippen molar-refractivity contribution in [2.24, 2.45) is 125 Å². The van der Waals surface area contributed by atoms with Gasteiger partial charge in [-0.2, -0.15) is 0 Å². The largest absolute Gasteiger partial charge is 0.298 e. The molecule has 10 aliphatic carbocycles. The Balaban J connectivity index is 0.00000548. The molecular formula is C64H107ClO. The molecule has 10 aliphatic rings. The third kappa shape index (κ3) is 6.81. The molecular weight excluding hydrogens is 820 g/mol. The second-order valence-corrected chi connectivity index (χ2v) is 31.3. The molecule has 10 rings (SSSR count). The average molecular weight is 928 g/mol. The van der Waals surface area contributed by atoms with Crippen molar-refractivity contribution in [3.8, 4) is 0 Å². The summed E-state index contributed by atoms with van der Waals surface area (Å²) in [7, 11) is 0. The van der Waals surface area contributed by atoms with E-state index in [-0.39, 0.29) is 12.4 Å². The van der Waals surface area contributed by atoms with Crippen LogP contribution in [0, 0.1) is 125 Å². The zero-order valence-corrected chi connectivity index (χ0v) is 46.9. The summed E-state index contributed by atoms with van der Waals surface area (Å²) in [5.74, 6) is 10.2. The van der Waals surface area contributed by atoms with E-state index in [1.54, 1.807) is 0 Å². The molecule has 10 fully saturated rings. The molecule has 0 aromatic rings. The van der Waals surface area contributed by atoms with E-state index in [4.69, 9.17) is 0 Å². The lowest BCUT2D eigenvalue weighted by atomic mass is 9.32. The number of carbonyl (C=O) groups is 1. The van der Waals surface area contributed by atoms with Crippen LogP contribution in [0.4, 0.5) is 0 Å². The highest BCUT2D eigenvalue weighted by Gasteiger charge is 2.72. The van der Waals surface area contributed by atoms with Crippen LogP contribution < -0.4 is 0 Å². The highest BCUT2D eigenvalue weighted by Crippen LogP contribution is 2.80. The lowest BCUT2D eigenvalue weighted by Crippen LogP contribution is -2.65. The summed E-state index contributed by atoms with van der Waals surface area (Å²) in [6, 6.07) is 0. The maximum absolute atomic E-state index is 12.9. The molecule has 1 unspecified atom stereocenters. The highest BCUT2D eigenvalue weighted by atomic mass is 35.5. The van der Waals surface area contributed by atoms with Crippen molar-refractivity contribution in [1.82, 2.24) is 0 Å². The zero-order chi connectivity index (χ0) is 46.6. The van der Waals surface area contributed by atoms with Crippen LogP contribution in [-0.4, -0.2) is 6.29 Å². The monoisotopic (exact) mass is 927 g/mol. The van der Waals surface area contributed by atoms with Gasteiger partial charge in [0.25, 0.3) is 0 Å². The van der Waals surface area contributed by atoms with Crippen LogP contribution in [0.25, 0.3) is 0 Å². The van der Waals surface area contributed by atoms with Crippen LogP contribution in [0.2, 0.25) is 0 Å². The van der Waals surface area contributed by atoms with Crippen molar-refractivity contribution in [3.63, 3.8) is 0 Å². The number of carbonyl (C=O) groups excluding carboxylic acids is 1. The van der Waals surface area contributed by atoms with Gasteiger partial charge in [-0.05, 0) is 278 Å². The van der Waals surface area contributed by atoms with Gasteiger partial charge in [0.15, 0.2) is 0 Å². The molecule has 0 heterocycles. The maximum Gasteiger partial charge on any atom is 0.145 e. The predicted molar refractivity (Wildman–Crippen MR) is 282 cm³/mol. The maximum atomic E-state index is 12.9. The van der Waals surface area contributed by atoms with Gasteiger partial charge >= 0.3 is 0 Å². The number of hydrogen-bond acceptors (Lipinski definition) is 1. The Hall–Kier alpha value is -0.300. The first-order valence-corrected chi connectivity index (χ1v) is 29.5. The van der Waals surface area contributed by atoms with E-state index in [1.807, 2.05) is 0 Å². The molecule has 0 aliphatic heterocycles. The summed E-state index contributed by atoms with van der Waals surface area (Å²) in [5.41, 5.74) is 6.14. The van der Waals surface area contributed by atoms with Gasteiger partial charge in [0.2, 0.25) is 0 Å². The lowest BCUT2D eigenvalue weighted by Gasteiger charge is -2.73. The minimum absolute atomic E-state index is 0. The Kier molecular flexibility index (Phi) is 12.7. The molecule has 0 aromatic heterocycles. The van der Waals surface area contributed by atoms with E-state index in [0.717, 1.165) is 83.5 Å². The summed E-state index contributed by atoms with van der Waals surface area (Å²) < 4.78 is 0. The van der Waals surface area contributed by atoms with Crippen molar-refractivity contribution in [2.45, 2.75) is 257 Å². The average Bonchev–Trinajstić information content (AvgIpc) is 3.77. The smallest absolute Gasteiger partial charge is 0.145 e. The molecule has 66 heavy (non-hydrogen) atoms. The minimum atomic E-state index is 0. The fourth-order valence-corrected chi connectivity index (χ4v) is 25.5. The van der Waals surface area contributed by atoms with Crippen LogP contribution in [-0.2, 0) is 4.79 Å². The molecule has 20 atom stereocenters. The topological polar surface area (TPSA) is 17.1 Å². The van der Waals surface area contributed by atoms with Gasteiger partial charge in [0, 0.05) is 0 Å². The van der Waals surface area contributed by atoms with Gasteiger partial charge in [0.1, 0.15) is 6.29 Å². The fraction of sp³-hybridized carbons (Fsp3) is 0.953. The Morgan fingerprint density at radius 1 is 0.439 bits per heavy atom. The summed E-state index contributed by atoms with van der Waals surface area (Å²) in [5, 5.41) is 0. The first kappa shape index (κ1) is 50.6. The van der Waals surface area contributed by atoms with E-state index in [1.165, 1.54) is 154 Å². The van der Waals surface area contributed by atoms with Gasteiger partial charge in [-0.1, -0.05) is 116 Å². The van der Waals surface area contributed by atoms with Crippen molar-refractivity contribution >= 4 is 18.7 Å².